The average molecular weight is 357 g/mol. The number of nitrogens with one attached hydrogen (secondary N) is 1. The Kier molecular flexibility index (Phi) is 5.65. The zero-order chi connectivity index (χ0) is 18.5. The van der Waals surface area contributed by atoms with Crippen LogP contribution in [0.15, 0.2) is 36.7 Å². The first-order valence-electron chi connectivity index (χ1n) is 8.95. The van der Waals surface area contributed by atoms with Crippen LogP contribution in [-0.2, 0) is 0 Å². The minimum Gasteiger partial charge on any atom is -0.368 e. The summed E-state index contributed by atoms with van der Waals surface area (Å²) in [5.41, 5.74) is 1.40. The maximum absolute atomic E-state index is 13.1. The third kappa shape index (κ3) is 4.28. The second kappa shape index (κ2) is 8.12. The Bertz CT molecular complexity index is 744. The van der Waals surface area contributed by atoms with Crippen molar-refractivity contribution >= 4 is 17.4 Å². The summed E-state index contributed by atoms with van der Waals surface area (Å²) in [6, 6.07) is 8.41. The molecule has 1 aliphatic rings. The maximum Gasteiger partial charge on any atom is 0.270 e. The Hall–Kier alpha value is -2.70. The fourth-order valence-electron chi connectivity index (χ4n) is 2.89. The zero-order valence-electron chi connectivity index (χ0n) is 15.2. The highest BCUT2D eigenvalue weighted by Gasteiger charge is 2.20. The fourth-order valence-corrected chi connectivity index (χ4v) is 2.89. The van der Waals surface area contributed by atoms with Crippen LogP contribution < -0.4 is 15.1 Å². The molecule has 1 aromatic heterocycles. The summed E-state index contributed by atoms with van der Waals surface area (Å²) in [7, 11) is 0. The van der Waals surface area contributed by atoms with Gasteiger partial charge in [0, 0.05) is 44.0 Å². The molecule has 1 saturated heterocycles. The number of hydrogen-bond acceptors (Lipinski definition) is 5. The largest absolute Gasteiger partial charge is 0.368 e. The van der Waals surface area contributed by atoms with Crippen LogP contribution in [0.4, 0.5) is 15.9 Å². The zero-order valence-corrected chi connectivity index (χ0v) is 15.2. The Balaban J connectivity index is 1.63. The fraction of sp³-hybridized carbons (Fsp3) is 0.421. The van der Waals surface area contributed by atoms with Crippen LogP contribution in [-0.4, -0.2) is 48.1 Å². The summed E-state index contributed by atoms with van der Waals surface area (Å²) in [4.78, 5) is 25.0. The van der Waals surface area contributed by atoms with Crippen molar-refractivity contribution in [1.29, 1.82) is 0 Å². The van der Waals surface area contributed by atoms with Crippen molar-refractivity contribution in [3.05, 3.63) is 48.2 Å². The molecular weight excluding hydrogens is 333 g/mol. The summed E-state index contributed by atoms with van der Waals surface area (Å²) < 4.78 is 13.1. The molecule has 2 heterocycles. The summed E-state index contributed by atoms with van der Waals surface area (Å²) in [6.45, 7) is 7.17. The van der Waals surface area contributed by atoms with Gasteiger partial charge in [0.25, 0.3) is 5.91 Å². The Morgan fingerprint density at radius 2 is 1.81 bits per heavy atom. The molecule has 1 amide bonds. The number of halogens is 1. The molecule has 1 atom stereocenters. The first kappa shape index (κ1) is 18.1. The van der Waals surface area contributed by atoms with Crippen molar-refractivity contribution in [3.63, 3.8) is 0 Å². The number of nitrogens with zero attached hydrogens (tertiary/aromatic N) is 4. The van der Waals surface area contributed by atoms with Crippen molar-refractivity contribution in [3.8, 4) is 0 Å². The number of amides is 1. The van der Waals surface area contributed by atoms with Gasteiger partial charge in [-0.1, -0.05) is 6.92 Å². The van der Waals surface area contributed by atoms with Gasteiger partial charge in [0.15, 0.2) is 0 Å². The van der Waals surface area contributed by atoms with Crippen LogP contribution in [0.3, 0.4) is 0 Å². The minimum absolute atomic E-state index is 0.111. The van der Waals surface area contributed by atoms with Gasteiger partial charge in [0.05, 0.1) is 0 Å². The Morgan fingerprint density at radius 3 is 2.46 bits per heavy atom. The lowest BCUT2D eigenvalue weighted by Crippen LogP contribution is -2.47. The van der Waals surface area contributed by atoms with Crippen LogP contribution in [0.5, 0.6) is 0 Å². The van der Waals surface area contributed by atoms with Crippen molar-refractivity contribution < 1.29 is 9.18 Å². The Morgan fingerprint density at radius 1 is 1.15 bits per heavy atom. The summed E-state index contributed by atoms with van der Waals surface area (Å²) >= 11 is 0. The van der Waals surface area contributed by atoms with Crippen LogP contribution in [0.1, 0.15) is 30.8 Å². The molecule has 0 bridgehead atoms. The van der Waals surface area contributed by atoms with E-state index < -0.39 is 0 Å². The minimum atomic E-state index is -0.225. The monoisotopic (exact) mass is 357 g/mol. The number of carbonyl (C=O) groups is 1. The number of rotatable bonds is 5. The van der Waals surface area contributed by atoms with E-state index in [0.717, 1.165) is 44.1 Å². The van der Waals surface area contributed by atoms with Gasteiger partial charge < -0.3 is 15.1 Å². The first-order valence-corrected chi connectivity index (χ1v) is 8.95. The summed E-state index contributed by atoms with van der Waals surface area (Å²) in [5.74, 6) is 0.359. The summed E-state index contributed by atoms with van der Waals surface area (Å²) in [6.07, 6.45) is 2.31. The molecule has 1 N–H and O–H groups in total. The van der Waals surface area contributed by atoms with E-state index in [2.05, 4.69) is 25.1 Å². The van der Waals surface area contributed by atoms with E-state index in [-0.39, 0.29) is 17.8 Å². The highest BCUT2D eigenvalue weighted by Crippen LogP contribution is 2.19. The summed E-state index contributed by atoms with van der Waals surface area (Å²) in [5, 5.41) is 2.92. The van der Waals surface area contributed by atoms with Gasteiger partial charge in [-0.05, 0) is 37.6 Å². The van der Waals surface area contributed by atoms with E-state index in [1.54, 1.807) is 18.2 Å². The number of benzene rings is 1. The van der Waals surface area contributed by atoms with E-state index in [1.165, 1.54) is 18.5 Å². The van der Waals surface area contributed by atoms with Crippen LogP contribution in [0.25, 0.3) is 0 Å². The molecule has 2 aromatic rings. The van der Waals surface area contributed by atoms with Gasteiger partial charge in [-0.3, -0.25) is 4.79 Å². The van der Waals surface area contributed by atoms with Gasteiger partial charge in [-0.25, -0.2) is 14.4 Å². The topological polar surface area (TPSA) is 61.4 Å². The molecule has 0 radical (unpaired) electrons. The predicted octanol–water partition coefficient (Wildman–Crippen LogP) is 2.47. The molecule has 1 aromatic carbocycles. The van der Waals surface area contributed by atoms with E-state index in [0.29, 0.717) is 5.69 Å². The molecule has 0 saturated carbocycles. The highest BCUT2D eigenvalue weighted by molar-refractivity contribution is 5.93. The van der Waals surface area contributed by atoms with Gasteiger partial charge in [0.2, 0.25) is 0 Å². The molecule has 0 aliphatic carbocycles. The number of piperazine rings is 1. The van der Waals surface area contributed by atoms with Crippen molar-refractivity contribution in [2.45, 2.75) is 26.3 Å². The normalized spacial score (nSPS) is 15.7. The lowest BCUT2D eigenvalue weighted by atomic mass is 10.2. The molecule has 3 rings (SSSR count). The average Bonchev–Trinajstić information content (AvgIpc) is 2.68. The molecule has 1 unspecified atom stereocenters. The molecular formula is C19H24FN5O. The molecule has 138 valence electrons. The van der Waals surface area contributed by atoms with E-state index in [1.807, 2.05) is 13.8 Å². The number of hydrogen-bond donors (Lipinski definition) is 1. The lowest BCUT2D eigenvalue weighted by molar-refractivity contribution is 0.0934. The maximum atomic E-state index is 13.1. The van der Waals surface area contributed by atoms with Gasteiger partial charge in [-0.15, -0.1) is 0 Å². The molecule has 0 spiro atoms. The van der Waals surface area contributed by atoms with Gasteiger partial charge in [0.1, 0.15) is 23.7 Å². The van der Waals surface area contributed by atoms with E-state index >= 15 is 0 Å². The highest BCUT2D eigenvalue weighted by atomic mass is 19.1. The van der Waals surface area contributed by atoms with E-state index in [9.17, 15) is 9.18 Å². The smallest absolute Gasteiger partial charge is 0.270 e. The second-order valence-corrected chi connectivity index (χ2v) is 6.49. The lowest BCUT2D eigenvalue weighted by Gasteiger charge is -2.36. The van der Waals surface area contributed by atoms with Crippen LogP contribution in [0, 0.1) is 5.82 Å². The van der Waals surface area contributed by atoms with Crippen LogP contribution in [0.2, 0.25) is 0 Å². The predicted molar refractivity (Wildman–Crippen MR) is 100 cm³/mol. The third-order valence-electron chi connectivity index (χ3n) is 4.67. The molecule has 6 nitrogen and oxygen atoms in total. The van der Waals surface area contributed by atoms with E-state index in [4.69, 9.17) is 0 Å². The standard InChI is InChI=1S/C19H24FN5O/c1-3-14(2)23-19(26)17-12-18(22-13-21-17)25-10-8-24(9-11-25)16-6-4-15(20)5-7-16/h4-7,12-14H,3,8-11H2,1-2H3,(H,23,26). The number of anilines is 2. The van der Waals surface area contributed by atoms with Crippen molar-refractivity contribution in [1.82, 2.24) is 15.3 Å². The molecule has 7 heteroatoms. The number of carbonyl (C=O) groups excluding carboxylic acids is 1. The molecule has 26 heavy (non-hydrogen) atoms. The number of aromatic nitrogens is 2. The third-order valence-corrected chi connectivity index (χ3v) is 4.67. The van der Waals surface area contributed by atoms with Crippen LogP contribution >= 0.6 is 0 Å². The molecule has 1 fully saturated rings. The first-order chi connectivity index (χ1) is 12.6. The molecule has 1 aliphatic heterocycles. The quantitative estimate of drug-likeness (QED) is 0.891. The SMILES string of the molecule is CCC(C)NC(=O)c1cc(N2CCN(c3ccc(F)cc3)CC2)ncn1. The van der Waals surface area contributed by atoms with Gasteiger partial charge in [-0.2, -0.15) is 0 Å². The van der Waals surface area contributed by atoms with Gasteiger partial charge >= 0.3 is 0 Å². The Labute approximate surface area is 153 Å². The van der Waals surface area contributed by atoms with Crippen molar-refractivity contribution in [2.24, 2.45) is 0 Å². The second-order valence-electron chi connectivity index (χ2n) is 6.49. The van der Waals surface area contributed by atoms with Crippen molar-refractivity contribution in [2.75, 3.05) is 36.0 Å².